The highest BCUT2D eigenvalue weighted by molar-refractivity contribution is 9.10. The normalized spacial score (nSPS) is 10.3. The Morgan fingerprint density at radius 2 is 2.00 bits per heavy atom. The van der Waals surface area contributed by atoms with Crippen molar-refractivity contribution in [3.05, 3.63) is 50.7 Å². The summed E-state index contributed by atoms with van der Waals surface area (Å²) < 4.78 is 0.706. The Morgan fingerprint density at radius 3 is 2.68 bits per heavy atom. The SMILES string of the molecule is Nc1cc(Cl)cc(C(=O)Nc2cc(Br)cnc2Cl)c1. The van der Waals surface area contributed by atoms with Crippen LogP contribution in [0.2, 0.25) is 10.2 Å². The number of halogens is 3. The quantitative estimate of drug-likeness (QED) is 0.628. The molecule has 0 fully saturated rings. The van der Waals surface area contributed by atoms with Gasteiger partial charge in [-0.05, 0) is 40.2 Å². The molecule has 19 heavy (non-hydrogen) atoms. The summed E-state index contributed by atoms with van der Waals surface area (Å²) in [7, 11) is 0. The number of anilines is 2. The summed E-state index contributed by atoms with van der Waals surface area (Å²) in [5.41, 5.74) is 6.80. The van der Waals surface area contributed by atoms with Crippen LogP contribution in [0.15, 0.2) is 34.9 Å². The Labute approximate surface area is 128 Å². The van der Waals surface area contributed by atoms with Gasteiger partial charge in [0.1, 0.15) is 0 Å². The lowest BCUT2D eigenvalue weighted by Crippen LogP contribution is -2.13. The molecular formula is C12H8BrCl2N3O. The van der Waals surface area contributed by atoms with E-state index in [0.29, 0.717) is 26.4 Å². The van der Waals surface area contributed by atoms with Gasteiger partial charge < -0.3 is 11.1 Å². The average Bonchev–Trinajstić information content (AvgIpc) is 2.32. The summed E-state index contributed by atoms with van der Waals surface area (Å²) in [6.07, 6.45) is 1.54. The number of amides is 1. The molecule has 0 aliphatic carbocycles. The molecule has 0 radical (unpaired) electrons. The van der Waals surface area contributed by atoms with E-state index < -0.39 is 0 Å². The van der Waals surface area contributed by atoms with E-state index >= 15 is 0 Å². The first-order valence-corrected chi connectivity index (χ1v) is 6.69. The number of hydrogen-bond acceptors (Lipinski definition) is 3. The second-order valence-electron chi connectivity index (χ2n) is 3.72. The van der Waals surface area contributed by atoms with Crippen molar-refractivity contribution in [1.82, 2.24) is 4.98 Å². The van der Waals surface area contributed by atoms with E-state index in [1.807, 2.05) is 0 Å². The van der Waals surface area contributed by atoms with Crippen LogP contribution in [0.4, 0.5) is 11.4 Å². The zero-order valence-electron chi connectivity index (χ0n) is 9.45. The number of hydrogen-bond donors (Lipinski definition) is 2. The van der Waals surface area contributed by atoms with Crippen molar-refractivity contribution in [3.8, 4) is 0 Å². The number of nitrogen functional groups attached to an aromatic ring is 1. The van der Waals surface area contributed by atoms with Gasteiger partial charge in [-0.2, -0.15) is 0 Å². The van der Waals surface area contributed by atoms with Crippen LogP contribution in [-0.4, -0.2) is 10.9 Å². The molecule has 1 heterocycles. The Kier molecular flexibility index (Phi) is 4.29. The molecule has 0 aliphatic heterocycles. The maximum atomic E-state index is 12.1. The molecule has 1 aromatic heterocycles. The van der Waals surface area contributed by atoms with Crippen molar-refractivity contribution in [3.63, 3.8) is 0 Å². The van der Waals surface area contributed by atoms with Crippen LogP contribution in [0.5, 0.6) is 0 Å². The summed E-state index contributed by atoms with van der Waals surface area (Å²) in [6.45, 7) is 0. The first-order chi connectivity index (χ1) is 8.95. The number of aromatic nitrogens is 1. The highest BCUT2D eigenvalue weighted by Crippen LogP contribution is 2.24. The fraction of sp³-hybridized carbons (Fsp3) is 0. The van der Waals surface area contributed by atoms with E-state index in [1.54, 1.807) is 12.1 Å². The van der Waals surface area contributed by atoms with E-state index in [2.05, 4.69) is 26.2 Å². The lowest BCUT2D eigenvalue weighted by atomic mass is 10.2. The summed E-state index contributed by atoms with van der Waals surface area (Å²) in [6, 6.07) is 6.26. The molecule has 98 valence electrons. The zero-order chi connectivity index (χ0) is 14.0. The van der Waals surface area contributed by atoms with Crippen molar-refractivity contribution < 1.29 is 4.79 Å². The number of carbonyl (C=O) groups is 1. The van der Waals surface area contributed by atoms with Gasteiger partial charge in [0.25, 0.3) is 5.91 Å². The molecule has 0 saturated carbocycles. The van der Waals surface area contributed by atoms with Crippen LogP contribution in [0.1, 0.15) is 10.4 Å². The topological polar surface area (TPSA) is 68.0 Å². The lowest BCUT2D eigenvalue weighted by molar-refractivity contribution is 0.102. The molecular weight excluding hydrogens is 353 g/mol. The highest BCUT2D eigenvalue weighted by atomic mass is 79.9. The fourth-order valence-electron chi connectivity index (χ4n) is 1.45. The molecule has 2 rings (SSSR count). The third kappa shape index (κ3) is 3.59. The average molecular weight is 361 g/mol. The molecule has 2 aromatic rings. The van der Waals surface area contributed by atoms with Gasteiger partial charge in [-0.15, -0.1) is 0 Å². The van der Waals surface area contributed by atoms with E-state index in [-0.39, 0.29) is 11.1 Å². The minimum atomic E-state index is -0.365. The first-order valence-electron chi connectivity index (χ1n) is 5.14. The van der Waals surface area contributed by atoms with Crippen molar-refractivity contribution >= 4 is 56.4 Å². The van der Waals surface area contributed by atoms with Gasteiger partial charge in [-0.1, -0.05) is 23.2 Å². The fourth-order valence-corrected chi connectivity index (χ4v) is 2.17. The predicted octanol–water partition coefficient (Wildman–Crippen LogP) is 3.99. The molecule has 1 aromatic carbocycles. The summed E-state index contributed by atoms with van der Waals surface area (Å²) in [4.78, 5) is 16.0. The number of pyridine rings is 1. The Morgan fingerprint density at radius 1 is 1.26 bits per heavy atom. The summed E-state index contributed by atoms with van der Waals surface area (Å²) >= 11 is 15.0. The van der Waals surface area contributed by atoms with Crippen LogP contribution in [0, 0.1) is 0 Å². The van der Waals surface area contributed by atoms with Crippen molar-refractivity contribution in [1.29, 1.82) is 0 Å². The van der Waals surface area contributed by atoms with E-state index in [0.717, 1.165) is 0 Å². The largest absolute Gasteiger partial charge is 0.399 e. The molecule has 1 amide bonds. The Bertz CT molecular complexity index is 629. The first kappa shape index (κ1) is 14.1. The molecule has 0 spiro atoms. The van der Waals surface area contributed by atoms with Crippen molar-refractivity contribution in [2.75, 3.05) is 11.1 Å². The van der Waals surface area contributed by atoms with Gasteiger partial charge in [0.2, 0.25) is 0 Å². The number of nitrogens with two attached hydrogens (primary N) is 1. The molecule has 0 aliphatic rings. The maximum absolute atomic E-state index is 12.1. The number of benzene rings is 1. The minimum Gasteiger partial charge on any atom is -0.399 e. The Hall–Kier alpha value is -1.30. The van der Waals surface area contributed by atoms with E-state index in [4.69, 9.17) is 28.9 Å². The lowest BCUT2D eigenvalue weighted by Gasteiger charge is -2.08. The van der Waals surface area contributed by atoms with Gasteiger partial charge >= 0.3 is 0 Å². The van der Waals surface area contributed by atoms with Gasteiger partial charge in [-0.3, -0.25) is 4.79 Å². The van der Waals surface area contributed by atoms with Gasteiger partial charge in [0, 0.05) is 26.9 Å². The molecule has 0 atom stereocenters. The number of nitrogens with zero attached hydrogens (tertiary/aromatic N) is 1. The van der Waals surface area contributed by atoms with Crippen LogP contribution in [-0.2, 0) is 0 Å². The van der Waals surface area contributed by atoms with Crippen LogP contribution >= 0.6 is 39.1 Å². The second-order valence-corrected chi connectivity index (χ2v) is 5.43. The number of carbonyl (C=O) groups excluding carboxylic acids is 1. The standard InChI is InChI=1S/C12H8BrCl2N3O/c13-7-3-10(11(15)17-5-7)18-12(19)6-1-8(14)4-9(16)2-6/h1-5H,16H2,(H,18,19). The highest BCUT2D eigenvalue weighted by Gasteiger charge is 2.11. The molecule has 4 nitrogen and oxygen atoms in total. The second kappa shape index (κ2) is 5.77. The zero-order valence-corrected chi connectivity index (χ0v) is 12.6. The smallest absolute Gasteiger partial charge is 0.255 e. The molecule has 0 unspecified atom stereocenters. The van der Waals surface area contributed by atoms with E-state index in [1.165, 1.54) is 18.3 Å². The predicted molar refractivity (Wildman–Crippen MR) is 80.8 cm³/mol. The van der Waals surface area contributed by atoms with Crippen LogP contribution in [0.25, 0.3) is 0 Å². The molecule has 0 bridgehead atoms. The Balaban J connectivity index is 2.28. The van der Waals surface area contributed by atoms with Gasteiger partial charge in [0.05, 0.1) is 5.69 Å². The van der Waals surface area contributed by atoms with Crippen molar-refractivity contribution in [2.45, 2.75) is 0 Å². The summed E-state index contributed by atoms with van der Waals surface area (Å²) in [5.74, 6) is -0.365. The summed E-state index contributed by atoms with van der Waals surface area (Å²) in [5, 5.41) is 3.24. The third-order valence-corrected chi connectivity index (χ3v) is 3.19. The molecule has 0 saturated heterocycles. The monoisotopic (exact) mass is 359 g/mol. The maximum Gasteiger partial charge on any atom is 0.255 e. The molecule has 3 N–H and O–H groups in total. The number of rotatable bonds is 2. The van der Waals surface area contributed by atoms with Crippen molar-refractivity contribution in [2.24, 2.45) is 0 Å². The van der Waals surface area contributed by atoms with Crippen LogP contribution in [0.3, 0.4) is 0 Å². The number of nitrogens with one attached hydrogen (secondary N) is 1. The van der Waals surface area contributed by atoms with Gasteiger partial charge in [0.15, 0.2) is 5.15 Å². The molecule has 7 heteroatoms. The van der Waals surface area contributed by atoms with Crippen LogP contribution < -0.4 is 11.1 Å². The van der Waals surface area contributed by atoms with E-state index in [9.17, 15) is 4.79 Å². The van der Waals surface area contributed by atoms with Gasteiger partial charge in [-0.25, -0.2) is 4.98 Å². The minimum absolute atomic E-state index is 0.201. The third-order valence-electron chi connectivity index (χ3n) is 2.24.